The maximum absolute atomic E-state index is 11.5. The van der Waals surface area contributed by atoms with Crippen molar-refractivity contribution in [3.05, 3.63) is 12.7 Å². The third-order valence-electron chi connectivity index (χ3n) is 3.13. The highest BCUT2D eigenvalue weighted by atomic mass is 16.2. The standard InChI is InChI=1S/C11H20N2O/c1-5-11(14)13-8-10(7-9(13)3)12(4)6-2/h5,9-10H,1,6-8H2,2-4H3/t9-,10+/m0/s1. The number of hydrogen-bond donors (Lipinski definition) is 0. The second kappa shape index (κ2) is 4.60. The van der Waals surface area contributed by atoms with Gasteiger partial charge in [-0.2, -0.15) is 0 Å². The SMILES string of the molecule is C=CC(=O)N1C[C@H](N(C)CC)C[C@@H]1C. The first kappa shape index (κ1) is 11.2. The highest BCUT2D eigenvalue weighted by molar-refractivity contribution is 5.87. The van der Waals surface area contributed by atoms with Gasteiger partial charge < -0.3 is 9.80 Å². The molecule has 1 amide bonds. The van der Waals surface area contributed by atoms with Gasteiger partial charge in [-0.3, -0.25) is 4.79 Å². The molecule has 0 bridgehead atoms. The molecule has 1 heterocycles. The van der Waals surface area contributed by atoms with Gasteiger partial charge in [-0.15, -0.1) is 0 Å². The lowest BCUT2D eigenvalue weighted by molar-refractivity contribution is -0.126. The zero-order valence-corrected chi connectivity index (χ0v) is 9.36. The molecule has 1 aliphatic rings. The van der Waals surface area contributed by atoms with Crippen LogP contribution in [-0.4, -0.2) is 47.9 Å². The van der Waals surface area contributed by atoms with Gasteiger partial charge in [0.15, 0.2) is 0 Å². The molecule has 3 nitrogen and oxygen atoms in total. The number of hydrogen-bond acceptors (Lipinski definition) is 2. The molecule has 1 rings (SSSR count). The molecule has 80 valence electrons. The van der Waals surface area contributed by atoms with Crippen LogP contribution in [0.3, 0.4) is 0 Å². The molecule has 0 saturated carbocycles. The quantitative estimate of drug-likeness (QED) is 0.631. The zero-order chi connectivity index (χ0) is 10.7. The van der Waals surface area contributed by atoms with E-state index < -0.39 is 0 Å². The van der Waals surface area contributed by atoms with Gasteiger partial charge in [0, 0.05) is 18.6 Å². The molecule has 0 spiro atoms. The normalized spacial score (nSPS) is 27.0. The van der Waals surface area contributed by atoms with E-state index in [1.807, 2.05) is 4.90 Å². The van der Waals surface area contributed by atoms with E-state index in [0.29, 0.717) is 12.1 Å². The molecule has 14 heavy (non-hydrogen) atoms. The third-order valence-corrected chi connectivity index (χ3v) is 3.13. The summed E-state index contributed by atoms with van der Waals surface area (Å²) >= 11 is 0. The first-order chi connectivity index (χ1) is 6.60. The maximum Gasteiger partial charge on any atom is 0.246 e. The Balaban J connectivity index is 2.59. The fourth-order valence-electron chi connectivity index (χ4n) is 2.00. The van der Waals surface area contributed by atoms with Crippen LogP contribution in [0, 0.1) is 0 Å². The number of carbonyl (C=O) groups excluding carboxylic acids is 1. The summed E-state index contributed by atoms with van der Waals surface area (Å²) in [5.74, 6) is 0.0597. The summed E-state index contributed by atoms with van der Waals surface area (Å²) in [7, 11) is 2.11. The van der Waals surface area contributed by atoms with E-state index in [9.17, 15) is 4.79 Å². The lowest BCUT2D eigenvalue weighted by Crippen LogP contribution is -2.36. The highest BCUT2D eigenvalue weighted by Gasteiger charge is 2.32. The van der Waals surface area contributed by atoms with Crippen LogP contribution >= 0.6 is 0 Å². The minimum Gasteiger partial charge on any atom is -0.335 e. The van der Waals surface area contributed by atoms with E-state index in [-0.39, 0.29) is 5.91 Å². The minimum atomic E-state index is 0.0597. The van der Waals surface area contributed by atoms with E-state index in [1.165, 1.54) is 6.08 Å². The van der Waals surface area contributed by atoms with Gasteiger partial charge in [-0.25, -0.2) is 0 Å². The summed E-state index contributed by atoms with van der Waals surface area (Å²) < 4.78 is 0. The van der Waals surface area contributed by atoms with Crippen LogP contribution in [0.25, 0.3) is 0 Å². The lowest BCUT2D eigenvalue weighted by Gasteiger charge is -2.22. The Hall–Kier alpha value is -0.830. The van der Waals surface area contributed by atoms with Crippen molar-refractivity contribution in [2.75, 3.05) is 20.1 Å². The molecule has 0 N–H and O–H groups in total. The van der Waals surface area contributed by atoms with Crippen molar-refractivity contribution in [2.24, 2.45) is 0 Å². The van der Waals surface area contributed by atoms with E-state index in [2.05, 4.69) is 32.4 Å². The Labute approximate surface area is 86.4 Å². The number of carbonyl (C=O) groups is 1. The van der Waals surface area contributed by atoms with Gasteiger partial charge in [0.1, 0.15) is 0 Å². The summed E-state index contributed by atoms with van der Waals surface area (Å²) in [6.07, 6.45) is 2.48. The fourth-order valence-corrected chi connectivity index (χ4v) is 2.00. The molecule has 0 aromatic carbocycles. The van der Waals surface area contributed by atoms with Crippen LogP contribution in [0.5, 0.6) is 0 Å². The Morgan fingerprint density at radius 1 is 1.71 bits per heavy atom. The second-order valence-electron chi connectivity index (χ2n) is 4.01. The number of nitrogens with zero attached hydrogens (tertiary/aromatic N) is 2. The largest absolute Gasteiger partial charge is 0.335 e. The zero-order valence-electron chi connectivity index (χ0n) is 9.36. The summed E-state index contributed by atoms with van der Waals surface area (Å²) in [4.78, 5) is 15.7. The van der Waals surface area contributed by atoms with E-state index in [4.69, 9.17) is 0 Å². The molecule has 0 aromatic heterocycles. The molecule has 2 atom stereocenters. The van der Waals surface area contributed by atoms with Crippen molar-refractivity contribution in [3.63, 3.8) is 0 Å². The van der Waals surface area contributed by atoms with Gasteiger partial charge in [0.25, 0.3) is 0 Å². The average molecular weight is 196 g/mol. The van der Waals surface area contributed by atoms with Gasteiger partial charge in [0.05, 0.1) is 0 Å². The Kier molecular flexibility index (Phi) is 3.69. The van der Waals surface area contributed by atoms with Crippen LogP contribution in [0.4, 0.5) is 0 Å². The lowest BCUT2D eigenvalue weighted by atomic mass is 10.2. The molecule has 0 unspecified atom stereocenters. The molecular weight excluding hydrogens is 176 g/mol. The van der Waals surface area contributed by atoms with Gasteiger partial charge in [-0.05, 0) is 33.0 Å². The first-order valence-electron chi connectivity index (χ1n) is 5.23. The van der Waals surface area contributed by atoms with Crippen molar-refractivity contribution in [1.82, 2.24) is 9.80 Å². The van der Waals surface area contributed by atoms with Crippen LogP contribution < -0.4 is 0 Å². The van der Waals surface area contributed by atoms with Gasteiger partial charge >= 0.3 is 0 Å². The van der Waals surface area contributed by atoms with Gasteiger partial charge in [0.2, 0.25) is 5.91 Å². The van der Waals surface area contributed by atoms with Crippen LogP contribution in [-0.2, 0) is 4.79 Å². The fraction of sp³-hybridized carbons (Fsp3) is 0.727. The number of likely N-dealkylation sites (tertiary alicyclic amines) is 1. The topological polar surface area (TPSA) is 23.6 Å². The first-order valence-corrected chi connectivity index (χ1v) is 5.23. The molecule has 1 aliphatic heterocycles. The highest BCUT2D eigenvalue weighted by Crippen LogP contribution is 2.21. The monoisotopic (exact) mass is 196 g/mol. The number of likely N-dealkylation sites (N-methyl/N-ethyl adjacent to an activating group) is 1. The minimum absolute atomic E-state index is 0.0597. The second-order valence-corrected chi connectivity index (χ2v) is 4.01. The van der Waals surface area contributed by atoms with Crippen molar-refractivity contribution in [1.29, 1.82) is 0 Å². The summed E-state index contributed by atoms with van der Waals surface area (Å²) in [5.41, 5.74) is 0. The van der Waals surface area contributed by atoms with Crippen LogP contribution in [0.1, 0.15) is 20.3 Å². The van der Waals surface area contributed by atoms with E-state index >= 15 is 0 Å². The van der Waals surface area contributed by atoms with Crippen molar-refractivity contribution < 1.29 is 4.79 Å². The molecule has 0 aliphatic carbocycles. The molecule has 1 saturated heterocycles. The number of rotatable bonds is 3. The Morgan fingerprint density at radius 3 is 2.86 bits per heavy atom. The summed E-state index contributed by atoms with van der Waals surface area (Å²) in [5, 5.41) is 0. The van der Waals surface area contributed by atoms with Crippen LogP contribution in [0.2, 0.25) is 0 Å². The summed E-state index contributed by atoms with van der Waals surface area (Å²) in [6, 6.07) is 0.860. The molecule has 0 aromatic rings. The molecule has 0 radical (unpaired) electrons. The van der Waals surface area contributed by atoms with Crippen molar-refractivity contribution in [2.45, 2.75) is 32.4 Å². The van der Waals surface area contributed by atoms with E-state index in [1.54, 1.807) is 0 Å². The molecule has 3 heteroatoms. The Bertz CT molecular complexity index is 227. The average Bonchev–Trinajstić information content (AvgIpc) is 2.58. The predicted molar refractivity (Wildman–Crippen MR) is 58.1 cm³/mol. The van der Waals surface area contributed by atoms with Crippen molar-refractivity contribution >= 4 is 5.91 Å². The predicted octanol–water partition coefficient (Wildman–Crippen LogP) is 1.11. The Morgan fingerprint density at radius 2 is 2.36 bits per heavy atom. The maximum atomic E-state index is 11.5. The van der Waals surface area contributed by atoms with Crippen LogP contribution in [0.15, 0.2) is 12.7 Å². The smallest absolute Gasteiger partial charge is 0.246 e. The van der Waals surface area contributed by atoms with E-state index in [0.717, 1.165) is 19.5 Å². The number of amides is 1. The molecule has 1 fully saturated rings. The molecular formula is C11H20N2O. The van der Waals surface area contributed by atoms with Crippen molar-refractivity contribution in [3.8, 4) is 0 Å². The third kappa shape index (κ3) is 2.15. The summed E-state index contributed by atoms with van der Waals surface area (Å²) in [6.45, 7) is 9.65. The van der Waals surface area contributed by atoms with Gasteiger partial charge in [-0.1, -0.05) is 13.5 Å².